The number of aromatic nitrogens is 1. The van der Waals surface area contributed by atoms with Gasteiger partial charge in [0, 0.05) is 18.5 Å². The van der Waals surface area contributed by atoms with Crippen molar-refractivity contribution in [2.75, 3.05) is 11.6 Å². The van der Waals surface area contributed by atoms with Crippen LogP contribution in [-0.4, -0.2) is 25.7 Å². The van der Waals surface area contributed by atoms with Gasteiger partial charge in [-0.15, -0.1) is 0 Å². The van der Waals surface area contributed by atoms with Crippen molar-refractivity contribution >= 4 is 15.7 Å². The van der Waals surface area contributed by atoms with Crippen molar-refractivity contribution in [2.24, 2.45) is 0 Å². The molecule has 106 valence electrons. The van der Waals surface area contributed by atoms with Gasteiger partial charge in [0.15, 0.2) is 9.84 Å². The van der Waals surface area contributed by atoms with Gasteiger partial charge in [0.25, 0.3) is 0 Å². The van der Waals surface area contributed by atoms with Crippen LogP contribution in [0.1, 0.15) is 44.9 Å². The Morgan fingerprint density at radius 3 is 2.42 bits per heavy atom. The van der Waals surface area contributed by atoms with E-state index in [0.29, 0.717) is 16.8 Å². The van der Waals surface area contributed by atoms with E-state index in [-0.39, 0.29) is 0 Å². The lowest BCUT2D eigenvalue weighted by molar-refractivity contribution is 0.470. The van der Waals surface area contributed by atoms with Crippen molar-refractivity contribution in [1.29, 1.82) is 0 Å². The Hall–Kier alpha value is -1.10. The molecule has 1 fully saturated rings. The minimum Gasteiger partial charge on any atom is -0.366 e. The van der Waals surface area contributed by atoms with Crippen LogP contribution in [0.15, 0.2) is 23.2 Å². The second-order valence-corrected chi connectivity index (χ2v) is 7.29. The number of anilines is 1. The number of hydrogen-bond donors (Lipinski definition) is 1. The number of nitrogens with zero attached hydrogens (tertiary/aromatic N) is 1. The lowest BCUT2D eigenvalue weighted by atomic mass is 9.97. The molecule has 19 heavy (non-hydrogen) atoms. The summed E-state index contributed by atoms with van der Waals surface area (Å²) in [7, 11) is -3.23. The lowest BCUT2D eigenvalue weighted by Gasteiger charge is -2.22. The monoisotopic (exact) mass is 282 g/mol. The molecule has 0 saturated heterocycles. The maximum Gasteiger partial charge on any atom is 0.179 e. The van der Waals surface area contributed by atoms with Crippen molar-refractivity contribution < 1.29 is 8.42 Å². The first kappa shape index (κ1) is 14.3. The summed E-state index contributed by atoms with van der Waals surface area (Å²) < 4.78 is 23.5. The maximum atomic E-state index is 11.7. The smallest absolute Gasteiger partial charge is 0.179 e. The van der Waals surface area contributed by atoms with Crippen molar-refractivity contribution in [2.45, 2.75) is 55.9 Å². The molecule has 1 heterocycles. The van der Waals surface area contributed by atoms with E-state index in [0.717, 1.165) is 12.8 Å². The quantitative estimate of drug-likeness (QED) is 0.926. The van der Waals surface area contributed by atoms with Gasteiger partial charge >= 0.3 is 0 Å². The Kier molecular flexibility index (Phi) is 4.80. The summed E-state index contributed by atoms with van der Waals surface area (Å²) in [5.41, 5.74) is 0. The van der Waals surface area contributed by atoms with E-state index in [1.54, 1.807) is 18.3 Å². The fourth-order valence-electron chi connectivity index (χ4n) is 2.59. The molecule has 2 rings (SSSR count). The summed E-state index contributed by atoms with van der Waals surface area (Å²) in [6.45, 7) is 0. The topological polar surface area (TPSA) is 59.1 Å². The van der Waals surface area contributed by atoms with E-state index in [4.69, 9.17) is 0 Å². The Balaban J connectivity index is 2.13. The number of sulfone groups is 1. The molecule has 0 atom stereocenters. The second kappa shape index (κ2) is 6.37. The number of rotatable bonds is 3. The van der Waals surface area contributed by atoms with E-state index in [1.807, 2.05) is 0 Å². The maximum absolute atomic E-state index is 11.7. The van der Waals surface area contributed by atoms with Crippen molar-refractivity contribution in [3.63, 3.8) is 0 Å². The van der Waals surface area contributed by atoms with Crippen LogP contribution in [-0.2, 0) is 9.84 Å². The summed E-state index contributed by atoms with van der Waals surface area (Å²) in [6.07, 6.45) is 11.4. The third-order valence-corrected chi connectivity index (χ3v) is 4.74. The van der Waals surface area contributed by atoms with Gasteiger partial charge in [-0.1, -0.05) is 32.1 Å². The van der Waals surface area contributed by atoms with Crippen molar-refractivity contribution in [1.82, 2.24) is 4.98 Å². The largest absolute Gasteiger partial charge is 0.366 e. The van der Waals surface area contributed by atoms with Crippen LogP contribution in [0.25, 0.3) is 0 Å². The molecule has 4 nitrogen and oxygen atoms in total. The molecular formula is C14H22N2O2S. The second-order valence-electron chi connectivity index (χ2n) is 5.31. The third kappa shape index (κ3) is 4.20. The molecule has 0 unspecified atom stereocenters. The SMILES string of the molecule is CS(=O)(=O)c1cccnc1NC1CCCCCCC1. The molecule has 0 spiro atoms. The Labute approximate surface area is 115 Å². The first-order chi connectivity index (χ1) is 9.07. The highest BCUT2D eigenvalue weighted by Crippen LogP contribution is 2.23. The molecule has 1 aliphatic carbocycles. The highest BCUT2D eigenvalue weighted by molar-refractivity contribution is 7.90. The van der Waals surface area contributed by atoms with E-state index in [1.165, 1.54) is 38.4 Å². The molecule has 5 heteroatoms. The van der Waals surface area contributed by atoms with Crippen LogP contribution in [0.3, 0.4) is 0 Å². The molecule has 0 aromatic carbocycles. The van der Waals surface area contributed by atoms with Crippen LogP contribution in [0, 0.1) is 0 Å². The van der Waals surface area contributed by atoms with Gasteiger partial charge in [-0.05, 0) is 25.0 Å². The first-order valence-electron chi connectivity index (χ1n) is 6.99. The predicted octanol–water partition coefficient (Wildman–Crippen LogP) is 3.01. The highest BCUT2D eigenvalue weighted by Gasteiger charge is 2.17. The van der Waals surface area contributed by atoms with E-state index in [2.05, 4.69) is 10.3 Å². The van der Waals surface area contributed by atoms with Gasteiger partial charge in [0.1, 0.15) is 10.7 Å². The fourth-order valence-corrected chi connectivity index (χ4v) is 3.38. The zero-order valence-electron chi connectivity index (χ0n) is 11.4. The predicted molar refractivity (Wildman–Crippen MR) is 77.1 cm³/mol. The van der Waals surface area contributed by atoms with Crippen LogP contribution in [0.5, 0.6) is 0 Å². The average molecular weight is 282 g/mol. The molecule has 0 aliphatic heterocycles. The Morgan fingerprint density at radius 1 is 1.16 bits per heavy atom. The van der Waals surface area contributed by atoms with Crippen molar-refractivity contribution in [3.05, 3.63) is 18.3 Å². The molecular weight excluding hydrogens is 260 g/mol. The molecule has 1 aliphatic rings. The van der Waals surface area contributed by atoms with Gasteiger partial charge < -0.3 is 5.32 Å². The molecule has 0 amide bonds. The first-order valence-corrected chi connectivity index (χ1v) is 8.88. The molecule has 1 aromatic rings. The van der Waals surface area contributed by atoms with Gasteiger partial charge in [-0.2, -0.15) is 0 Å². The molecule has 0 bridgehead atoms. The molecule has 1 aromatic heterocycles. The molecule has 1 saturated carbocycles. The Bertz CT molecular complexity index is 506. The standard InChI is InChI=1S/C14H22N2O2S/c1-19(17,18)13-10-7-11-15-14(13)16-12-8-5-3-2-4-6-9-12/h7,10-12H,2-6,8-9H2,1H3,(H,15,16). The minimum absolute atomic E-state index is 0.303. The summed E-state index contributed by atoms with van der Waals surface area (Å²) in [5.74, 6) is 0.510. The van der Waals surface area contributed by atoms with Crippen LogP contribution < -0.4 is 5.32 Å². The summed E-state index contributed by atoms with van der Waals surface area (Å²) >= 11 is 0. The summed E-state index contributed by atoms with van der Waals surface area (Å²) in [6, 6.07) is 3.63. The summed E-state index contributed by atoms with van der Waals surface area (Å²) in [4.78, 5) is 4.51. The number of nitrogens with one attached hydrogen (secondary N) is 1. The Morgan fingerprint density at radius 2 is 1.79 bits per heavy atom. The van der Waals surface area contributed by atoms with E-state index < -0.39 is 9.84 Å². The van der Waals surface area contributed by atoms with Crippen LogP contribution in [0.2, 0.25) is 0 Å². The summed E-state index contributed by atoms with van der Waals surface area (Å²) in [5, 5.41) is 3.33. The van der Waals surface area contributed by atoms with Gasteiger partial charge in [0.05, 0.1) is 0 Å². The lowest BCUT2D eigenvalue weighted by Crippen LogP contribution is -2.22. The molecule has 0 radical (unpaired) electrons. The van der Waals surface area contributed by atoms with Crippen molar-refractivity contribution in [3.8, 4) is 0 Å². The van der Waals surface area contributed by atoms with Gasteiger partial charge in [0.2, 0.25) is 0 Å². The normalized spacial score (nSPS) is 18.6. The average Bonchev–Trinajstić information content (AvgIpc) is 2.32. The third-order valence-electron chi connectivity index (χ3n) is 3.62. The minimum atomic E-state index is -3.23. The van der Waals surface area contributed by atoms with E-state index in [9.17, 15) is 8.42 Å². The molecule has 1 N–H and O–H groups in total. The number of hydrogen-bond acceptors (Lipinski definition) is 4. The van der Waals surface area contributed by atoms with Gasteiger partial charge in [-0.3, -0.25) is 0 Å². The van der Waals surface area contributed by atoms with E-state index >= 15 is 0 Å². The van der Waals surface area contributed by atoms with Gasteiger partial charge in [-0.25, -0.2) is 13.4 Å². The number of pyridine rings is 1. The van der Waals surface area contributed by atoms with Crippen LogP contribution >= 0.6 is 0 Å². The zero-order valence-corrected chi connectivity index (χ0v) is 12.2. The zero-order chi connectivity index (χ0) is 13.7. The van der Waals surface area contributed by atoms with Crippen LogP contribution in [0.4, 0.5) is 5.82 Å². The fraction of sp³-hybridized carbons (Fsp3) is 0.643. The highest BCUT2D eigenvalue weighted by atomic mass is 32.2.